The van der Waals surface area contributed by atoms with Gasteiger partial charge in [-0.1, -0.05) is 17.7 Å². The smallest absolute Gasteiger partial charge is 0.263 e. The highest BCUT2D eigenvalue weighted by atomic mass is 35.5. The number of amides is 1. The van der Waals surface area contributed by atoms with E-state index in [1.54, 1.807) is 23.7 Å². The van der Waals surface area contributed by atoms with Crippen LogP contribution in [0.25, 0.3) is 0 Å². The van der Waals surface area contributed by atoms with Crippen LogP contribution in [0.2, 0.25) is 5.02 Å². The van der Waals surface area contributed by atoms with E-state index < -0.39 is 10.0 Å². The van der Waals surface area contributed by atoms with Crippen LogP contribution < -0.4 is 4.90 Å². The number of hydrogen-bond acceptors (Lipinski definition) is 6. The van der Waals surface area contributed by atoms with Crippen molar-refractivity contribution in [1.82, 2.24) is 19.0 Å². The van der Waals surface area contributed by atoms with Gasteiger partial charge in [0.2, 0.25) is 5.03 Å². The second kappa shape index (κ2) is 9.01. The van der Waals surface area contributed by atoms with Gasteiger partial charge in [0.25, 0.3) is 15.9 Å². The molecular formula is C20H26ClN5O3S2. The zero-order chi connectivity index (χ0) is 22.2. The van der Waals surface area contributed by atoms with Gasteiger partial charge in [-0.2, -0.15) is 21.2 Å². The van der Waals surface area contributed by atoms with Gasteiger partial charge in [0.15, 0.2) is 0 Å². The third-order valence-corrected chi connectivity index (χ3v) is 8.67. The summed E-state index contributed by atoms with van der Waals surface area (Å²) < 4.78 is 29.6. The minimum atomic E-state index is -3.88. The molecule has 0 atom stereocenters. The van der Waals surface area contributed by atoms with Crippen molar-refractivity contribution < 1.29 is 13.2 Å². The first-order valence-electron chi connectivity index (χ1n) is 10.2. The number of sulfonamides is 1. The lowest BCUT2D eigenvalue weighted by Crippen LogP contribution is -2.49. The van der Waals surface area contributed by atoms with E-state index in [2.05, 4.69) is 10.00 Å². The summed E-state index contributed by atoms with van der Waals surface area (Å²) in [4.78, 5) is 16.9. The normalized spacial score (nSPS) is 18.4. The number of hydrogen-bond donors (Lipinski definition) is 0. The Morgan fingerprint density at radius 2 is 1.77 bits per heavy atom. The number of carbonyl (C=O) groups is 1. The maximum Gasteiger partial charge on any atom is 0.263 e. The summed E-state index contributed by atoms with van der Waals surface area (Å²) >= 11 is 7.94. The molecule has 0 radical (unpaired) electrons. The number of rotatable bonds is 4. The van der Waals surface area contributed by atoms with Gasteiger partial charge in [-0.05, 0) is 24.6 Å². The number of thioether (sulfide) groups is 1. The fraction of sp³-hybridized carbons (Fsp3) is 0.500. The van der Waals surface area contributed by atoms with E-state index in [1.807, 2.05) is 25.1 Å². The van der Waals surface area contributed by atoms with E-state index in [0.29, 0.717) is 44.3 Å². The van der Waals surface area contributed by atoms with Crippen LogP contribution in [0.4, 0.5) is 5.69 Å². The van der Waals surface area contributed by atoms with Gasteiger partial charge in [-0.25, -0.2) is 8.42 Å². The zero-order valence-corrected chi connectivity index (χ0v) is 20.0. The first-order chi connectivity index (χ1) is 14.8. The first kappa shape index (κ1) is 22.4. The number of anilines is 1. The van der Waals surface area contributed by atoms with Gasteiger partial charge in [-0.15, -0.1) is 0 Å². The summed E-state index contributed by atoms with van der Waals surface area (Å²) in [6, 6.07) is 5.72. The number of nitrogens with zero attached hydrogens (tertiary/aromatic N) is 5. The molecule has 2 aromatic rings. The molecule has 2 aliphatic heterocycles. The van der Waals surface area contributed by atoms with E-state index >= 15 is 0 Å². The predicted octanol–water partition coefficient (Wildman–Crippen LogP) is 2.08. The molecule has 168 valence electrons. The van der Waals surface area contributed by atoms with E-state index in [-0.39, 0.29) is 16.5 Å². The van der Waals surface area contributed by atoms with E-state index in [0.717, 1.165) is 22.8 Å². The molecule has 0 spiro atoms. The van der Waals surface area contributed by atoms with Crippen molar-refractivity contribution in [2.24, 2.45) is 7.05 Å². The third-order valence-electron chi connectivity index (χ3n) is 5.66. The van der Waals surface area contributed by atoms with Crippen molar-refractivity contribution in [2.45, 2.75) is 11.9 Å². The molecule has 11 heteroatoms. The fourth-order valence-corrected chi connectivity index (χ4v) is 6.56. The van der Waals surface area contributed by atoms with Gasteiger partial charge in [0.05, 0.1) is 5.56 Å². The number of carbonyl (C=O) groups excluding carboxylic acids is 1. The molecule has 0 unspecified atom stereocenters. The SMILES string of the molecule is Cc1ccc(Cl)cc1N1CCN(S(=O)(=O)c2nn(C)cc2C(=O)N2CCSCC2)CC1. The summed E-state index contributed by atoms with van der Waals surface area (Å²) in [7, 11) is -2.24. The van der Waals surface area contributed by atoms with Crippen LogP contribution in [0, 0.1) is 6.92 Å². The van der Waals surface area contributed by atoms with Crippen LogP contribution in [0.1, 0.15) is 15.9 Å². The quantitative estimate of drug-likeness (QED) is 0.662. The summed E-state index contributed by atoms with van der Waals surface area (Å²) in [5, 5.41) is 4.69. The Balaban J connectivity index is 1.53. The van der Waals surface area contributed by atoms with Crippen molar-refractivity contribution in [3.05, 3.63) is 40.5 Å². The maximum absolute atomic E-state index is 13.4. The molecule has 0 aliphatic carbocycles. The Bertz CT molecular complexity index is 1070. The van der Waals surface area contributed by atoms with E-state index in [9.17, 15) is 13.2 Å². The van der Waals surface area contributed by atoms with Crippen LogP contribution >= 0.6 is 23.4 Å². The highest BCUT2D eigenvalue weighted by Gasteiger charge is 2.36. The van der Waals surface area contributed by atoms with Gasteiger partial charge >= 0.3 is 0 Å². The number of aromatic nitrogens is 2. The Labute approximate surface area is 192 Å². The minimum absolute atomic E-state index is 0.148. The van der Waals surface area contributed by atoms with E-state index in [1.165, 1.54) is 15.2 Å². The summed E-state index contributed by atoms with van der Waals surface area (Å²) in [6.07, 6.45) is 1.52. The highest BCUT2D eigenvalue weighted by molar-refractivity contribution is 7.99. The Kier molecular flexibility index (Phi) is 6.52. The summed E-state index contributed by atoms with van der Waals surface area (Å²) in [5.41, 5.74) is 2.27. The lowest BCUT2D eigenvalue weighted by molar-refractivity contribution is 0.0768. The van der Waals surface area contributed by atoms with Gasteiger partial charge < -0.3 is 9.80 Å². The lowest BCUT2D eigenvalue weighted by Gasteiger charge is -2.36. The minimum Gasteiger partial charge on any atom is -0.369 e. The fourth-order valence-electron chi connectivity index (χ4n) is 3.96. The van der Waals surface area contributed by atoms with Crippen molar-refractivity contribution in [2.75, 3.05) is 55.7 Å². The van der Waals surface area contributed by atoms with Crippen LogP contribution in [0.5, 0.6) is 0 Å². The van der Waals surface area contributed by atoms with Crippen LogP contribution in [-0.4, -0.2) is 84.1 Å². The van der Waals surface area contributed by atoms with E-state index in [4.69, 9.17) is 11.6 Å². The second-order valence-corrected chi connectivity index (χ2v) is 11.3. The summed E-state index contributed by atoms with van der Waals surface area (Å²) in [5.74, 6) is 1.46. The van der Waals surface area contributed by atoms with Gasteiger partial charge in [-0.3, -0.25) is 9.48 Å². The third kappa shape index (κ3) is 4.57. The van der Waals surface area contributed by atoms with Crippen molar-refractivity contribution >= 4 is 45.0 Å². The van der Waals surface area contributed by atoms with Crippen LogP contribution in [-0.2, 0) is 17.1 Å². The topological polar surface area (TPSA) is 78.8 Å². The average molecular weight is 484 g/mol. The molecular weight excluding hydrogens is 458 g/mol. The highest BCUT2D eigenvalue weighted by Crippen LogP contribution is 2.27. The average Bonchev–Trinajstić information content (AvgIpc) is 3.18. The molecule has 4 rings (SSSR count). The molecule has 0 saturated carbocycles. The molecule has 3 heterocycles. The molecule has 2 aliphatic rings. The number of halogens is 1. The molecule has 31 heavy (non-hydrogen) atoms. The molecule has 1 amide bonds. The molecule has 0 N–H and O–H groups in total. The maximum atomic E-state index is 13.4. The number of aryl methyl sites for hydroxylation is 2. The molecule has 2 saturated heterocycles. The summed E-state index contributed by atoms with van der Waals surface area (Å²) in [6.45, 7) is 4.97. The molecule has 8 nitrogen and oxygen atoms in total. The Morgan fingerprint density at radius 3 is 2.45 bits per heavy atom. The van der Waals surface area contributed by atoms with Gasteiger partial charge in [0, 0.05) is 74.7 Å². The largest absolute Gasteiger partial charge is 0.369 e. The number of benzene rings is 1. The van der Waals surface area contributed by atoms with Crippen LogP contribution in [0.3, 0.4) is 0 Å². The van der Waals surface area contributed by atoms with Crippen molar-refractivity contribution in [1.29, 1.82) is 0 Å². The van der Waals surface area contributed by atoms with Crippen molar-refractivity contribution in [3.8, 4) is 0 Å². The number of piperazine rings is 1. The van der Waals surface area contributed by atoms with Crippen LogP contribution in [0.15, 0.2) is 29.4 Å². The molecule has 1 aromatic heterocycles. The lowest BCUT2D eigenvalue weighted by atomic mass is 10.1. The second-order valence-electron chi connectivity index (χ2n) is 7.75. The molecule has 1 aromatic carbocycles. The Morgan fingerprint density at radius 1 is 1.10 bits per heavy atom. The molecule has 0 bridgehead atoms. The Hall–Kier alpha value is -1.75. The van der Waals surface area contributed by atoms with Gasteiger partial charge in [0.1, 0.15) is 0 Å². The predicted molar refractivity (Wildman–Crippen MR) is 124 cm³/mol. The molecule has 2 fully saturated rings. The zero-order valence-electron chi connectivity index (χ0n) is 17.6. The standard InChI is InChI=1S/C20H26ClN5O3S2/c1-15-3-4-16(21)13-18(15)24-5-7-26(8-6-24)31(28,29)19-17(14-23(2)22-19)20(27)25-9-11-30-12-10-25/h3-4,13-14H,5-12H2,1-2H3. The first-order valence-corrected chi connectivity index (χ1v) is 13.2. The van der Waals surface area contributed by atoms with Crippen molar-refractivity contribution in [3.63, 3.8) is 0 Å². The monoisotopic (exact) mass is 483 g/mol.